The molecule has 2 amide bonds. The van der Waals surface area contributed by atoms with Gasteiger partial charge in [-0.1, -0.05) is 5.16 Å². The number of nitrogens with one attached hydrogen (secondary N) is 3. The average molecular weight is 273 g/mol. The van der Waals surface area contributed by atoms with E-state index in [1.54, 1.807) is 24.4 Å². The Hall–Kier alpha value is -2.57. The molecule has 1 fully saturated rings. The van der Waals surface area contributed by atoms with Gasteiger partial charge in [0, 0.05) is 12.1 Å². The van der Waals surface area contributed by atoms with E-state index in [1.165, 1.54) is 0 Å². The van der Waals surface area contributed by atoms with Crippen LogP contribution in [0.25, 0.3) is 0 Å². The maximum Gasteiger partial charge on any atom is 0.319 e. The largest absolute Gasteiger partial charge is 0.360 e. The Balaban J connectivity index is 1.57. The van der Waals surface area contributed by atoms with E-state index in [-0.39, 0.29) is 6.03 Å². The molecule has 7 heteroatoms. The Morgan fingerprint density at radius 1 is 1.35 bits per heavy atom. The molecule has 0 saturated heterocycles. The van der Waals surface area contributed by atoms with E-state index in [4.69, 9.17) is 4.52 Å². The van der Waals surface area contributed by atoms with Crippen molar-refractivity contribution in [2.75, 3.05) is 10.6 Å². The van der Waals surface area contributed by atoms with Crippen molar-refractivity contribution in [3.8, 4) is 0 Å². The third kappa shape index (κ3) is 3.25. The summed E-state index contributed by atoms with van der Waals surface area (Å²) in [5, 5.41) is 12.4. The molecule has 2 aromatic heterocycles. The molecule has 1 aliphatic rings. The molecule has 2 heterocycles. The van der Waals surface area contributed by atoms with Gasteiger partial charge in [-0.3, -0.25) is 0 Å². The van der Waals surface area contributed by atoms with Gasteiger partial charge in [-0.2, -0.15) is 0 Å². The number of anilines is 3. The van der Waals surface area contributed by atoms with Crippen molar-refractivity contribution in [1.82, 2.24) is 15.5 Å². The first-order valence-corrected chi connectivity index (χ1v) is 6.43. The van der Waals surface area contributed by atoms with Crippen LogP contribution in [0.2, 0.25) is 0 Å². The molecule has 0 aromatic carbocycles. The Morgan fingerprint density at radius 2 is 2.20 bits per heavy atom. The molecule has 0 bridgehead atoms. The van der Waals surface area contributed by atoms with Crippen LogP contribution in [0.4, 0.5) is 22.1 Å². The zero-order valence-electron chi connectivity index (χ0n) is 11.0. The van der Waals surface area contributed by atoms with Gasteiger partial charge < -0.3 is 20.5 Å². The molecule has 3 N–H and O–H groups in total. The van der Waals surface area contributed by atoms with Gasteiger partial charge in [0.25, 0.3) is 0 Å². The summed E-state index contributed by atoms with van der Waals surface area (Å²) < 4.78 is 4.95. The minimum Gasteiger partial charge on any atom is -0.360 e. The van der Waals surface area contributed by atoms with Crippen LogP contribution in [-0.4, -0.2) is 22.2 Å². The van der Waals surface area contributed by atoms with E-state index in [2.05, 4.69) is 26.1 Å². The van der Waals surface area contributed by atoms with Crippen LogP contribution in [0.5, 0.6) is 0 Å². The van der Waals surface area contributed by atoms with E-state index in [9.17, 15) is 4.79 Å². The van der Waals surface area contributed by atoms with E-state index in [1.807, 2.05) is 6.92 Å². The number of amides is 2. The lowest BCUT2D eigenvalue weighted by atomic mass is 10.4. The maximum atomic E-state index is 11.6. The minimum atomic E-state index is -0.192. The van der Waals surface area contributed by atoms with Crippen LogP contribution in [0, 0.1) is 6.92 Å². The van der Waals surface area contributed by atoms with E-state index in [0.29, 0.717) is 23.4 Å². The number of pyridine rings is 1. The molecule has 0 unspecified atom stereocenters. The molecule has 104 valence electrons. The molecular formula is C13H15N5O2. The Labute approximate surface area is 115 Å². The second kappa shape index (κ2) is 5.20. The highest BCUT2D eigenvalue weighted by Gasteiger charge is 2.23. The molecule has 3 rings (SSSR count). The number of aryl methyl sites for hydroxylation is 1. The standard InChI is InChI=1S/C13H15N5O2/c1-8-6-12(18-20-8)17-11-5-4-10(7-14-11)16-13(19)15-9-2-3-9/h4-7,9H,2-3H2,1H3,(H,14,17,18)(H2,15,16,19). The molecule has 0 atom stereocenters. The maximum absolute atomic E-state index is 11.6. The van der Waals surface area contributed by atoms with Crippen molar-refractivity contribution in [2.45, 2.75) is 25.8 Å². The second-order valence-corrected chi connectivity index (χ2v) is 4.75. The number of rotatable bonds is 4. The normalized spacial score (nSPS) is 13.8. The first-order chi connectivity index (χ1) is 9.69. The predicted molar refractivity (Wildman–Crippen MR) is 73.9 cm³/mol. The molecule has 1 saturated carbocycles. The lowest BCUT2D eigenvalue weighted by molar-refractivity contribution is 0.251. The van der Waals surface area contributed by atoms with Gasteiger partial charge in [-0.25, -0.2) is 9.78 Å². The quantitative estimate of drug-likeness (QED) is 0.795. The third-order valence-corrected chi connectivity index (χ3v) is 2.82. The summed E-state index contributed by atoms with van der Waals surface area (Å²) in [6.07, 6.45) is 3.71. The minimum absolute atomic E-state index is 0.192. The van der Waals surface area contributed by atoms with E-state index < -0.39 is 0 Å². The van der Waals surface area contributed by atoms with Gasteiger partial charge in [0.1, 0.15) is 11.6 Å². The molecule has 0 spiro atoms. The van der Waals surface area contributed by atoms with Crippen molar-refractivity contribution >= 4 is 23.4 Å². The van der Waals surface area contributed by atoms with Gasteiger partial charge in [-0.05, 0) is 31.9 Å². The molecule has 2 aromatic rings. The highest BCUT2D eigenvalue weighted by molar-refractivity contribution is 5.89. The number of nitrogens with zero attached hydrogens (tertiary/aromatic N) is 2. The first kappa shape index (κ1) is 12.5. The Kier molecular flexibility index (Phi) is 3.24. The van der Waals surface area contributed by atoms with Crippen LogP contribution < -0.4 is 16.0 Å². The van der Waals surface area contributed by atoms with Crippen LogP contribution >= 0.6 is 0 Å². The number of aromatic nitrogens is 2. The number of hydrogen-bond acceptors (Lipinski definition) is 5. The molecule has 0 radical (unpaired) electrons. The summed E-state index contributed by atoms with van der Waals surface area (Å²) in [4.78, 5) is 15.7. The number of hydrogen-bond donors (Lipinski definition) is 3. The molecule has 1 aliphatic carbocycles. The fourth-order valence-electron chi connectivity index (χ4n) is 1.68. The summed E-state index contributed by atoms with van der Waals surface area (Å²) in [5.74, 6) is 1.95. The number of urea groups is 1. The SMILES string of the molecule is Cc1cc(Nc2ccc(NC(=O)NC3CC3)cn2)no1. The smallest absolute Gasteiger partial charge is 0.319 e. The summed E-state index contributed by atoms with van der Waals surface area (Å²) >= 11 is 0. The van der Waals surface area contributed by atoms with E-state index in [0.717, 1.165) is 18.6 Å². The van der Waals surface area contributed by atoms with Gasteiger partial charge in [0.15, 0.2) is 5.82 Å². The average Bonchev–Trinajstić information content (AvgIpc) is 3.13. The van der Waals surface area contributed by atoms with Crippen LogP contribution in [0.3, 0.4) is 0 Å². The van der Waals surface area contributed by atoms with Crippen LogP contribution in [0.15, 0.2) is 28.9 Å². The van der Waals surface area contributed by atoms with Crippen molar-refractivity contribution in [3.63, 3.8) is 0 Å². The highest BCUT2D eigenvalue weighted by Crippen LogP contribution is 2.19. The third-order valence-electron chi connectivity index (χ3n) is 2.82. The van der Waals surface area contributed by atoms with Crippen molar-refractivity contribution < 1.29 is 9.32 Å². The molecule has 0 aliphatic heterocycles. The summed E-state index contributed by atoms with van der Waals surface area (Å²) in [6.45, 7) is 1.82. The first-order valence-electron chi connectivity index (χ1n) is 6.43. The summed E-state index contributed by atoms with van der Waals surface area (Å²) in [5.41, 5.74) is 0.644. The fraction of sp³-hybridized carbons (Fsp3) is 0.308. The fourth-order valence-corrected chi connectivity index (χ4v) is 1.68. The predicted octanol–water partition coefficient (Wildman–Crippen LogP) is 2.41. The summed E-state index contributed by atoms with van der Waals surface area (Å²) in [7, 11) is 0. The second-order valence-electron chi connectivity index (χ2n) is 4.75. The van der Waals surface area contributed by atoms with Crippen LogP contribution in [0.1, 0.15) is 18.6 Å². The van der Waals surface area contributed by atoms with Gasteiger partial charge >= 0.3 is 6.03 Å². The molecular weight excluding hydrogens is 258 g/mol. The van der Waals surface area contributed by atoms with Crippen molar-refractivity contribution in [2.24, 2.45) is 0 Å². The number of carbonyl (C=O) groups is 1. The lowest BCUT2D eigenvalue weighted by Gasteiger charge is -2.07. The molecule has 20 heavy (non-hydrogen) atoms. The Bertz CT molecular complexity index is 603. The van der Waals surface area contributed by atoms with E-state index >= 15 is 0 Å². The van der Waals surface area contributed by atoms with Crippen LogP contribution in [-0.2, 0) is 0 Å². The van der Waals surface area contributed by atoms with Gasteiger partial charge in [0.2, 0.25) is 0 Å². The lowest BCUT2D eigenvalue weighted by Crippen LogP contribution is -2.30. The zero-order chi connectivity index (χ0) is 13.9. The van der Waals surface area contributed by atoms with Crippen molar-refractivity contribution in [1.29, 1.82) is 0 Å². The topological polar surface area (TPSA) is 92.1 Å². The highest BCUT2D eigenvalue weighted by atomic mass is 16.5. The van der Waals surface area contributed by atoms with Gasteiger partial charge in [0.05, 0.1) is 11.9 Å². The van der Waals surface area contributed by atoms with Gasteiger partial charge in [-0.15, -0.1) is 0 Å². The number of carbonyl (C=O) groups excluding carboxylic acids is 1. The monoisotopic (exact) mass is 273 g/mol. The zero-order valence-corrected chi connectivity index (χ0v) is 11.0. The Morgan fingerprint density at radius 3 is 2.80 bits per heavy atom. The van der Waals surface area contributed by atoms with Crippen molar-refractivity contribution in [3.05, 3.63) is 30.2 Å². The molecule has 7 nitrogen and oxygen atoms in total. The summed E-state index contributed by atoms with van der Waals surface area (Å²) in [6, 6.07) is 5.45.